The monoisotopic (exact) mass is 256 g/mol. The summed E-state index contributed by atoms with van der Waals surface area (Å²) >= 11 is 0. The molecule has 1 N–H and O–H groups in total. The summed E-state index contributed by atoms with van der Waals surface area (Å²) in [6.45, 7) is 4.73. The van der Waals surface area contributed by atoms with Gasteiger partial charge in [0.05, 0.1) is 19.1 Å². The minimum absolute atomic E-state index is 0.230. The van der Waals surface area contributed by atoms with Crippen LogP contribution in [0, 0.1) is 5.92 Å². The molecule has 18 heavy (non-hydrogen) atoms. The maximum absolute atomic E-state index is 12.1. The molecule has 2 rings (SSSR count). The summed E-state index contributed by atoms with van der Waals surface area (Å²) < 4.78 is 10.3. The number of methoxy groups -OCH3 is 1. The fourth-order valence-corrected chi connectivity index (χ4v) is 2.81. The van der Waals surface area contributed by atoms with Gasteiger partial charge in [-0.3, -0.25) is 4.79 Å². The molecule has 5 nitrogen and oxygen atoms in total. The third-order valence-corrected chi connectivity index (χ3v) is 3.78. The Labute approximate surface area is 109 Å². The number of ether oxygens (including phenoxy) is 2. The molecule has 2 unspecified atom stereocenters. The Morgan fingerprint density at radius 3 is 3.06 bits per heavy atom. The summed E-state index contributed by atoms with van der Waals surface area (Å²) in [4.78, 5) is 14.1. The van der Waals surface area contributed by atoms with E-state index in [1.165, 1.54) is 0 Å². The van der Waals surface area contributed by atoms with Gasteiger partial charge in [0.25, 0.3) is 0 Å². The van der Waals surface area contributed by atoms with E-state index in [0.29, 0.717) is 31.8 Å². The number of hydrogen-bond acceptors (Lipinski definition) is 4. The first-order chi connectivity index (χ1) is 8.83. The van der Waals surface area contributed by atoms with Gasteiger partial charge in [0.15, 0.2) is 0 Å². The van der Waals surface area contributed by atoms with E-state index in [4.69, 9.17) is 9.47 Å². The molecule has 2 fully saturated rings. The molecule has 1 amide bonds. The summed E-state index contributed by atoms with van der Waals surface area (Å²) in [6, 6.07) is 0.389. The molecule has 0 aromatic heterocycles. The van der Waals surface area contributed by atoms with Crippen molar-refractivity contribution in [2.75, 3.05) is 46.6 Å². The van der Waals surface area contributed by atoms with Crippen molar-refractivity contribution in [1.82, 2.24) is 10.2 Å². The van der Waals surface area contributed by atoms with Gasteiger partial charge in [-0.05, 0) is 25.8 Å². The fourth-order valence-electron chi connectivity index (χ4n) is 2.81. The van der Waals surface area contributed by atoms with Crippen molar-refractivity contribution in [3.05, 3.63) is 0 Å². The van der Waals surface area contributed by atoms with E-state index in [1.807, 2.05) is 4.90 Å². The van der Waals surface area contributed by atoms with E-state index < -0.39 is 0 Å². The lowest BCUT2D eigenvalue weighted by atomic mass is 9.94. The van der Waals surface area contributed by atoms with Crippen molar-refractivity contribution in [3.8, 4) is 0 Å². The summed E-state index contributed by atoms with van der Waals surface area (Å²) in [5, 5.41) is 3.45. The molecule has 5 heteroatoms. The van der Waals surface area contributed by atoms with Gasteiger partial charge in [-0.25, -0.2) is 0 Å². The van der Waals surface area contributed by atoms with Gasteiger partial charge in [-0.1, -0.05) is 0 Å². The minimum atomic E-state index is 0.230. The van der Waals surface area contributed by atoms with E-state index in [9.17, 15) is 4.79 Å². The average Bonchev–Trinajstić information content (AvgIpc) is 2.71. The number of hydrogen-bond donors (Lipinski definition) is 1. The van der Waals surface area contributed by atoms with Crippen LogP contribution in [0.4, 0.5) is 0 Å². The zero-order valence-electron chi connectivity index (χ0n) is 11.2. The lowest BCUT2D eigenvalue weighted by molar-refractivity contribution is -0.131. The van der Waals surface area contributed by atoms with Crippen molar-refractivity contribution in [3.63, 3.8) is 0 Å². The van der Waals surface area contributed by atoms with Gasteiger partial charge in [0.2, 0.25) is 5.91 Å². The molecule has 0 aromatic carbocycles. The van der Waals surface area contributed by atoms with Gasteiger partial charge >= 0.3 is 0 Å². The second-order valence-electron chi connectivity index (χ2n) is 5.05. The maximum Gasteiger partial charge on any atom is 0.227 e. The Morgan fingerprint density at radius 1 is 1.39 bits per heavy atom. The number of rotatable bonds is 7. The molecule has 2 saturated heterocycles. The number of fused-ring (bicyclic) bond motifs is 1. The third kappa shape index (κ3) is 3.43. The van der Waals surface area contributed by atoms with Crippen LogP contribution in [0.5, 0.6) is 0 Å². The second-order valence-corrected chi connectivity index (χ2v) is 5.05. The number of carbonyl (C=O) groups is 1. The number of likely N-dealkylation sites (tertiary alicyclic amines) is 1. The van der Waals surface area contributed by atoms with Gasteiger partial charge in [0.1, 0.15) is 0 Å². The Bertz CT molecular complexity index is 273. The quantitative estimate of drug-likeness (QED) is 0.663. The molecule has 0 bridgehead atoms. The van der Waals surface area contributed by atoms with Crippen LogP contribution in [0.3, 0.4) is 0 Å². The summed E-state index contributed by atoms with van der Waals surface area (Å²) in [7, 11) is 1.67. The highest BCUT2D eigenvalue weighted by atomic mass is 16.5. The molecule has 2 atom stereocenters. The summed E-state index contributed by atoms with van der Waals surface area (Å²) in [6.07, 6.45) is 3.09. The van der Waals surface area contributed by atoms with Gasteiger partial charge in [-0.15, -0.1) is 0 Å². The average molecular weight is 256 g/mol. The topological polar surface area (TPSA) is 50.8 Å². The highest BCUT2D eigenvalue weighted by Gasteiger charge is 2.40. The Hall–Kier alpha value is -0.650. The van der Waals surface area contributed by atoms with Crippen LogP contribution in [0.2, 0.25) is 0 Å². The predicted octanol–water partition coefficient (Wildman–Crippen LogP) is 0.250. The van der Waals surface area contributed by atoms with Crippen LogP contribution < -0.4 is 5.32 Å². The van der Waals surface area contributed by atoms with Crippen LogP contribution in [0.1, 0.15) is 19.3 Å². The first-order valence-electron chi connectivity index (χ1n) is 6.92. The smallest absolute Gasteiger partial charge is 0.227 e. The van der Waals surface area contributed by atoms with Gasteiger partial charge in [0, 0.05) is 32.8 Å². The van der Waals surface area contributed by atoms with Crippen LogP contribution in [0.25, 0.3) is 0 Å². The van der Waals surface area contributed by atoms with Gasteiger partial charge in [-0.2, -0.15) is 0 Å². The number of carbonyl (C=O) groups excluding carboxylic acids is 1. The maximum atomic E-state index is 12.1. The van der Waals surface area contributed by atoms with Crippen LogP contribution in [0.15, 0.2) is 0 Å². The molecule has 104 valence electrons. The highest BCUT2D eigenvalue weighted by Crippen LogP contribution is 2.26. The van der Waals surface area contributed by atoms with Crippen LogP contribution >= 0.6 is 0 Å². The summed E-state index contributed by atoms with van der Waals surface area (Å²) in [5.74, 6) is 0.567. The van der Waals surface area contributed by atoms with Crippen LogP contribution in [-0.2, 0) is 14.3 Å². The third-order valence-electron chi connectivity index (χ3n) is 3.78. The molecule has 0 saturated carbocycles. The molecule has 2 aliphatic heterocycles. The van der Waals surface area contributed by atoms with E-state index in [0.717, 1.165) is 38.9 Å². The Kier molecular flexibility index (Phi) is 5.41. The van der Waals surface area contributed by atoms with E-state index in [2.05, 4.69) is 5.32 Å². The zero-order valence-corrected chi connectivity index (χ0v) is 11.2. The van der Waals surface area contributed by atoms with Gasteiger partial charge < -0.3 is 19.7 Å². The standard InChI is InChI=1S/C13H24N2O3/c1-17-8-9-18-7-3-6-15-10-12-11(13(15)16)4-2-5-14-12/h11-12,14H,2-10H2,1H3. The number of piperidine rings is 1. The van der Waals surface area contributed by atoms with Crippen LogP contribution in [-0.4, -0.2) is 63.4 Å². The Balaban J connectivity index is 1.63. The molecule has 0 radical (unpaired) electrons. The Morgan fingerprint density at radius 2 is 2.28 bits per heavy atom. The van der Waals surface area contributed by atoms with Crippen molar-refractivity contribution in [2.45, 2.75) is 25.3 Å². The van der Waals surface area contributed by atoms with E-state index in [-0.39, 0.29) is 5.92 Å². The first kappa shape index (κ1) is 13.8. The first-order valence-corrected chi connectivity index (χ1v) is 6.92. The molecule has 0 aromatic rings. The molecule has 2 aliphatic rings. The molecular formula is C13H24N2O3. The minimum Gasteiger partial charge on any atom is -0.382 e. The van der Waals surface area contributed by atoms with Crippen molar-refractivity contribution >= 4 is 5.91 Å². The van der Waals surface area contributed by atoms with E-state index in [1.54, 1.807) is 7.11 Å². The second kappa shape index (κ2) is 7.07. The number of nitrogens with one attached hydrogen (secondary N) is 1. The normalized spacial score (nSPS) is 27.6. The zero-order chi connectivity index (χ0) is 12.8. The molecule has 0 spiro atoms. The largest absolute Gasteiger partial charge is 0.382 e. The highest BCUT2D eigenvalue weighted by molar-refractivity contribution is 5.82. The fraction of sp³-hybridized carbons (Fsp3) is 0.923. The summed E-state index contributed by atoms with van der Waals surface area (Å²) in [5.41, 5.74) is 0. The van der Waals surface area contributed by atoms with Crippen molar-refractivity contribution in [2.24, 2.45) is 5.92 Å². The molecule has 2 heterocycles. The SMILES string of the molecule is COCCOCCCN1CC2NCCCC2C1=O. The predicted molar refractivity (Wildman–Crippen MR) is 68.4 cm³/mol. The molecular weight excluding hydrogens is 232 g/mol. The van der Waals surface area contributed by atoms with Crippen molar-refractivity contribution in [1.29, 1.82) is 0 Å². The lowest BCUT2D eigenvalue weighted by Crippen LogP contribution is -2.41. The van der Waals surface area contributed by atoms with Crippen molar-refractivity contribution < 1.29 is 14.3 Å². The van der Waals surface area contributed by atoms with E-state index >= 15 is 0 Å². The number of amides is 1. The lowest BCUT2D eigenvalue weighted by Gasteiger charge is -2.23. The number of nitrogens with zero attached hydrogens (tertiary/aromatic N) is 1. The molecule has 0 aliphatic carbocycles.